The van der Waals surface area contributed by atoms with Gasteiger partial charge in [-0.15, -0.1) is 0 Å². The molecule has 0 unspecified atom stereocenters. The summed E-state index contributed by atoms with van der Waals surface area (Å²) in [5.74, 6) is -0.0235. The lowest BCUT2D eigenvalue weighted by molar-refractivity contribution is -0.384. The van der Waals surface area contributed by atoms with E-state index in [1.165, 1.54) is 12.1 Å². The predicted molar refractivity (Wildman–Crippen MR) is 70.1 cm³/mol. The lowest BCUT2D eigenvalue weighted by Gasteiger charge is -2.04. The molecule has 1 heterocycles. The topological polar surface area (TPSA) is 124 Å². The molecule has 8 nitrogen and oxygen atoms in total. The Kier molecular flexibility index (Phi) is 3.38. The first-order valence-electron chi connectivity index (χ1n) is 5.13. The minimum atomic E-state index is -0.592. The molecule has 0 spiro atoms. The number of nitrogen functional groups attached to an aromatic ring is 1. The van der Waals surface area contributed by atoms with Crippen LogP contribution in [0.2, 0.25) is 0 Å². The number of carbonyl (C=O) groups excluding carboxylic acids is 1. The third-order valence-corrected chi connectivity index (χ3v) is 2.96. The maximum Gasteiger partial charge on any atom is 0.270 e. The minimum Gasteiger partial charge on any atom is -0.398 e. The Hall–Kier alpha value is -2.55. The Morgan fingerprint density at radius 3 is 2.84 bits per heavy atom. The number of anilines is 2. The molecule has 1 aromatic carbocycles. The van der Waals surface area contributed by atoms with Crippen molar-refractivity contribution in [2.75, 3.05) is 11.1 Å². The number of nitro groups is 1. The van der Waals surface area contributed by atoms with Crippen LogP contribution in [-0.4, -0.2) is 20.2 Å². The number of hydrogen-bond donors (Lipinski definition) is 2. The van der Waals surface area contributed by atoms with Gasteiger partial charge < -0.3 is 5.73 Å². The Morgan fingerprint density at radius 1 is 1.53 bits per heavy atom. The number of nitrogens with zero attached hydrogens (tertiary/aromatic N) is 3. The molecule has 0 saturated carbocycles. The maximum atomic E-state index is 11.9. The van der Waals surface area contributed by atoms with Gasteiger partial charge in [-0.2, -0.15) is 4.37 Å². The van der Waals surface area contributed by atoms with E-state index in [1.807, 2.05) is 0 Å². The van der Waals surface area contributed by atoms with E-state index in [9.17, 15) is 14.9 Å². The Labute approximate surface area is 111 Å². The van der Waals surface area contributed by atoms with Crippen LogP contribution in [0.3, 0.4) is 0 Å². The molecule has 19 heavy (non-hydrogen) atoms. The van der Waals surface area contributed by atoms with Gasteiger partial charge in [0.2, 0.25) is 5.13 Å². The third kappa shape index (κ3) is 2.83. The molecule has 2 rings (SSSR count). The van der Waals surface area contributed by atoms with E-state index in [4.69, 9.17) is 5.73 Å². The fourth-order valence-electron chi connectivity index (χ4n) is 1.37. The highest BCUT2D eigenvalue weighted by molar-refractivity contribution is 7.09. The van der Waals surface area contributed by atoms with Crippen LogP contribution in [0.1, 0.15) is 16.2 Å². The standard InChI is InChI=1S/C10H9N5O3S/c1-5-12-10(19-14-5)13-9(16)7-4-6(15(17)18)2-3-8(7)11/h2-4H,11H2,1H3,(H,12,13,14,16). The lowest BCUT2D eigenvalue weighted by atomic mass is 10.1. The average Bonchev–Trinajstić information content (AvgIpc) is 2.74. The molecular formula is C10H9N5O3S. The number of aromatic nitrogens is 2. The van der Waals surface area contributed by atoms with Crippen molar-refractivity contribution in [1.82, 2.24) is 9.36 Å². The Bertz CT molecular complexity index is 654. The first-order chi connectivity index (χ1) is 8.97. The lowest BCUT2D eigenvalue weighted by Crippen LogP contribution is -2.14. The highest BCUT2D eigenvalue weighted by atomic mass is 32.1. The van der Waals surface area contributed by atoms with Crippen LogP contribution in [0, 0.1) is 17.0 Å². The SMILES string of the molecule is Cc1nsc(NC(=O)c2cc([N+](=O)[O-])ccc2N)n1. The van der Waals surface area contributed by atoms with Gasteiger partial charge in [0.05, 0.1) is 10.5 Å². The molecule has 0 bridgehead atoms. The van der Waals surface area contributed by atoms with E-state index in [0.717, 1.165) is 17.6 Å². The number of hydrogen-bond acceptors (Lipinski definition) is 7. The second kappa shape index (κ2) is 4.98. The van der Waals surface area contributed by atoms with Gasteiger partial charge >= 0.3 is 0 Å². The number of nitro benzene ring substituents is 1. The van der Waals surface area contributed by atoms with Crippen molar-refractivity contribution in [2.24, 2.45) is 0 Å². The maximum absolute atomic E-state index is 11.9. The highest BCUT2D eigenvalue weighted by Crippen LogP contribution is 2.21. The van der Waals surface area contributed by atoms with Gasteiger partial charge in [-0.05, 0) is 13.0 Å². The summed E-state index contributed by atoms with van der Waals surface area (Å²) in [7, 11) is 0. The summed E-state index contributed by atoms with van der Waals surface area (Å²) in [5, 5.41) is 13.5. The second-order valence-electron chi connectivity index (χ2n) is 3.63. The van der Waals surface area contributed by atoms with E-state index in [-0.39, 0.29) is 16.9 Å². The molecule has 0 radical (unpaired) electrons. The van der Waals surface area contributed by atoms with Crippen LogP contribution in [0.25, 0.3) is 0 Å². The fraction of sp³-hybridized carbons (Fsp3) is 0.100. The smallest absolute Gasteiger partial charge is 0.270 e. The van der Waals surface area contributed by atoms with Gasteiger partial charge in [0, 0.05) is 29.4 Å². The number of nitrogens with one attached hydrogen (secondary N) is 1. The van der Waals surface area contributed by atoms with Crippen molar-refractivity contribution >= 4 is 33.9 Å². The van der Waals surface area contributed by atoms with Gasteiger partial charge in [0.1, 0.15) is 5.82 Å². The van der Waals surface area contributed by atoms with Crippen LogP contribution >= 0.6 is 11.5 Å². The summed E-state index contributed by atoms with van der Waals surface area (Å²) >= 11 is 1.02. The zero-order chi connectivity index (χ0) is 14.0. The monoisotopic (exact) mass is 279 g/mol. The highest BCUT2D eigenvalue weighted by Gasteiger charge is 2.16. The van der Waals surface area contributed by atoms with Crippen LogP contribution in [0.5, 0.6) is 0 Å². The predicted octanol–water partition coefficient (Wildman–Crippen LogP) is 1.59. The van der Waals surface area contributed by atoms with E-state index >= 15 is 0 Å². The van der Waals surface area contributed by atoms with E-state index in [2.05, 4.69) is 14.7 Å². The normalized spacial score (nSPS) is 10.2. The number of aryl methyl sites for hydroxylation is 1. The number of nitrogens with two attached hydrogens (primary N) is 1. The molecule has 0 saturated heterocycles. The molecule has 0 aliphatic carbocycles. The van der Waals surface area contributed by atoms with Crippen molar-refractivity contribution in [1.29, 1.82) is 0 Å². The molecule has 98 valence electrons. The summed E-state index contributed by atoms with van der Waals surface area (Å²) in [5.41, 5.74) is 5.62. The van der Waals surface area contributed by atoms with E-state index < -0.39 is 10.8 Å². The zero-order valence-corrected chi connectivity index (χ0v) is 10.6. The number of rotatable bonds is 3. The summed E-state index contributed by atoms with van der Waals surface area (Å²) in [4.78, 5) is 26.0. The summed E-state index contributed by atoms with van der Waals surface area (Å²) in [6.07, 6.45) is 0. The third-order valence-electron chi connectivity index (χ3n) is 2.24. The molecule has 1 amide bonds. The van der Waals surface area contributed by atoms with E-state index in [0.29, 0.717) is 11.0 Å². The van der Waals surface area contributed by atoms with Gasteiger partial charge in [-0.3, -0.25) is 20.2 Å². The first kappa shape index (κ1) is 12.9. The molecule has 0 aliphatic rings. The average molecular weight is 279 g/mol. The van der Waals surface area contributed by atoms with Crippen LogP contribution in [0.15, 0.2) is 18.2 Å². The van der Waals surface area contributed by atoms with Crippen LogP contribution < -0.4 is 11.1 Å². The summed E-state index contributed by atoms with van der Waals surface area (Å²) in [6, 6.07) is 3.68. The van der Waals surface area contributed by atoms with Gasteiger partial charge in [-0.25, -0.2) is 4.98 Å². The quantitative estimate of drug-likeness (QED) is 0.499. The van der Waals surface area contributed by atoms with Gasteiger partial charge in [-0.1, -0.05) is 0 Å². The second-order valence-corrected chi connectivity index (χ2v) is 4.38. The van der Waals surface area contributed by atoms with Gasteiger partial charge in [0.25, 0.3) is 11.6 Å². The Morgan fingerprint density at radius 2 is 2.26 bits per heavy atom. The molecule has 2 aromatic rings. The van der Waals surface area contributed by atoms with Crippen molar-refractivity contribution in [2.45, 2.75) is 6.92 Å². The van der Waals surface area contributed by atoms with Gasteiger partial charge in [0.15, 0.2) is 0 Å². The number of carbonyl (C=O) groups is 1. The molecule has 0 fully saturated rings. The largest absolute Gasteiger partial charge is 0.398 e. The zero-order valence-electron chi connectivity index (χ0n) is 9.78. The molecule has 0 atom stereocenters. The number of amides is 1. The molecule has 1 aromatic heterocycles. The number of non-ortho nitro benzene ring substituents is 1. The van der Waals surface area contributed by atoms with Crippen molar-refractivity contribution in [3.05, 3.63) is 39.7 Å². The first-order valence-corrected chi connectivity index (χ1v) is 5.90. The summed E-state index contributed by atoms with van der Waals surface area (Å²) in [6.45, 7) is 1.69. The van der Waals surface area contributed by atoms with Crippen molar-refractivity contribution < 1.29 is 9.72 Å². The summed E-state index contributed by atoms with van der Waals surface area (Å²) < 4.78 is 3.91. The minimum absolute atomic E-state index is 0.0297. The number of benzene rings is 1. The van der Waals surface area contributed by atoms with E-state index in [1.54, 1.807) is 6.92 Å². The molecule has 0 aliphatic heterocycles. The van der Waals surface area contributed by atoms with Crippen molar-refractivity contribution in [3.8, 4) is 0 Å². The fourth-order valence-corrected chi connectivity index (χ4v) is 1.94. The van der Waals surface area contributed by atoms with Crippen molar-refractivity contribution in [3.63, 3.8) is 0 Å². The van der Waals surface area contributed by atoms with Crippen LogP contribution in [0.4, 0.5) is 16.5 Å². The molecule has 3 N–H and O–H groups in total. The molecular weight excluding hydrogens is 270 g/mol. The Balaban J connectivity index is 2.27. The van der Waals surface area contributed by atoms with Crippen LogP contribution in [-0.2, 0) is 0 Å². The molecule has 9 heteroatoms.